The van der Waals surface area contributed by atoms with Crippen LogP contribution in [0.5, 0.6) is 0 Å². The topological polar surface area (TPSA) is 27.3 Å². The molecule has 4 heteroatoms. The first-order chi connectivity index (χ1) is 9.25. The van der Waals surface area contributed by atoms with Gasteiger partial charge in [0.1, 0.15) is 0 Å². The van der Waals surface area contributed by atoms with Crippen molar-refractivity contribution in [2.24, 2.45) is 0 Å². The Morgan fingerprint density at radius 2 is 2.16 bits per heavy atom. The van der Waals surface area contributed by atoms with E-state index in [0.717, 1.165) is 30.7 Å². The first-order valence-electron chi connectivity index (χ1n) is 7.15. The molecule has 1 aliphatic heterocycles. The first-order valence-corrected chi connectivity index (χ1v) is 7.95. The number of nitrogens with zero attached hydrogens (tertiary/aromatic N) is 1. The lowest BCUT2D eigenvalue weighted by molar-refractivity contribution is 0.176. The molecule has 1 atom stereocenters. The molecule has 1 heterocycles. The fourth-order valence-corrected chi connectivity index (χ4v) is 2.94. The van der Waals surface area contributed by atoms with Gasteiger partial charge in [-0.25, -0.2) is 0 Å². The molecule has 1 aromatic carbocycles. The number of nitrogens with one attached hydrogen (secondary N) is 2. The Kier molecular flexibility index (Phi) is 6.31. The summed E-state index contributed by atoms with van der Waals surface area (Å²) in [4.78, 5) is 2.58. The van der Waals surface area contributed by atoms with E-state index in [1.807, 2.05) is 0 Å². The summed E-state index contributed by atoms with van der Waals surface area (Å²) in [6.45, 7) is 9.02. The molecule has 1 saturated heterocycles. The molecule has 2 rings (SSSR count). The molecule has 0 amide bonds. The standard InChI is InChI=1S/C15H24BrN3/c1-13(19-9-7-17-8-10-19)5-6-18-12-14-3-2-4-15(16)11-14/h2-4,11,13,17-18H,5-10,12H2,1H3. The van der Waals surface area contributed by atoms with Crippen molar-refractivity contribution in [2.75, 3.05) is 32.7 Å². The van der Waals surface area contributed by atoms with Gasteiger partial charge in [0.25, 0.3) is 0 Å². The molecule has 0 aromatic heterocycles. The molecule has 1 unspecified atom stereocenters. The van der Waals surface area contributed by atoms with Crippen LogP contribution in [0.3, 0.4) is 0 Å². The minimum atomic E-state index is 0.678. The maximum atomic E-state index is 3.54. The quantitative estimate of drug-likeness (QED) is 0.785. The number of halogens is 1. The van der Waals surface area contributed by atoms with E-state index in [1.54, 1.807) is 0 Å². The van der Waals surface area contributed by atoms with E-state index < -0.39 is 0 Å². The van der Waals surface area contributed by atoms with Gasteiger partial charge in [-0.3, -0.25) is 4.90 Å². The highest BCUT2D eigenvalue weighted by atomic mass is 79.9. The molecule has 19 heavy (non-hydrogen) atoms. The third-order valence-corrected chi connectivity index (χ3v) is 4.23. The summed E-state index contributed by atoms with van der Waals surface area (Å²) < 4.78 is 1.15. The van der Waals surface area contributed by atoms with E-state index in [4.69, 9.17) is 0 Å². The highest BCUT2D eigenvalue weighted by Gasteiger charge is 2.15. The maximum absolute atomic E-state index is 3.54. The predicted molar refractivity (Wildman–Crippen MR) is 84.4 cm³/mol. The highest BCUT2D eigenvalue weighted by Crippen LogP contribution is 2.11. The predicted octanol–water partition coefficient (Wildman–Crippen LogP) is 2.22. The lowest BCUT2D eigenvalue weighted by atomic mass is 10.1. The Labute approximate surface area is 124 Å². The van der Waals surface area contributed by atoms with Gasteiger partial charge >= 0.3 is 0 Å². The molecule has 0 bridgehead atoms. The summed E-state index contributed by atoms with van der Waals surface area (Å²) >= 11 is 3.51. The van der Waals surface area contributed by atoms with Crippen LogP contribution in [0.2, 0.25) is 0 Å². The Bertz CT molecular complexity index is 377. The van der Waals surface area contributed by atoms with Gasteiger partial charge in [-0.2, -0.15) is 0 Å². The molecular weight excluding hydrogens is 302 g/mol. The summed E-state index contributed by atoms with van der Waals surface area (Å²) in [5.41, 5.74) is 1.34. The first kappa shape index (κ1) is 15.0. The molecule has 3 nitrogen and oxygen atoms in total. The molecule has 0 radical (unpaired) electrons. The van der Waals surface area contributed by atoms with Crippen molar-refractivity contribution >= 4 is 15.9 Å². The summed E-state index contributed by atoms with van der Waals surface area (Å²) in [5.74, 6) is 0. The van der Waals surface area contributed by atoms with E-state index in [0.29, 0.717) is 6.04 Å². The minimum absolute atomic E-state index is 0.678. The summed E-state index contributed by atoms with van der Waals surface area (Å²) in [7, 11) is 0. The van der Waals surface area contributed by atoms with Crippen molar-refractivity contribution in [1.82, 2.24) is 15.5 Å². The molecule has 0 aliphatic carbocycles. The summed E-state index contributed by atoms with van der Waals surface area (Å²) in [6.07, 6.45) is 1.22. The van der Waals surface area contributed by atoms with Crippen LogP contribution in [0.15, 0.2) is 28.7 Å². The van der Waals surface area contributed by atoms with Gasteiger partial charge in [-0.1, -0.05) is 28.1 Å². The Balaban J connectivity index is 1.63. The molecule has 2 N–H and O–H groups in total. The van der Waals surface area contributed by atoms with Gasteiger partial charge in [0.05, 0.1) is 0 Å². The van der Waals surface area contributed by atoms with E-state index in [9.17, 15) is 0 Å². The normalized spacial score (nSPS) is 18.4. The fraction of sp³-hybridized carbons (Fsp3) is 0.600. The lowest BCUT2D eigenvalue weighted by Crippen LogP contribution is -2.48. The number of piperazine rings is 1. The third kappa shape index (κ3) is 5.22. The second kappa shape index (κ2) is 8.00. The van der Waals surface area contributed by atoms with Crippen LogP contribution in [-0.2, 0) is 6.54 Å². The van der Waals surface area contributed by atoms with Gasteiger partial charge in [0, 0.05) is 43.2 Å². The minimum Gasteiger partial charge on any atom is -0.314 e. The van der Waals surface area contributed by atoms with Crippen LogP contribution < -0.4 is 10.6 Å². The zero-order valence-electron chi connectivity index (χ0n) is 11.7. The maximum Gasteiger partial charge on any atom is 0.0205 e. The Morgan fingerprint density at radius 1 is 1.37 bits per heavy atom. The van der Waals surface area contributed by atoms with Crippen molar-refractivity contribution in [3.05, 3.63) is 34.3 Å². The van der Waals surface area contributed by atoms with Gasteiger partial charge < -0.3 is 10.6 Å². The van der Waals surface area contributed by atoms with Gasteiger partial charge in [0.2, 0.25) is 0 Å². The largest absolute Gasteiger partial charge is 0.314 e. The average molecular weight is 326 g/mol. The average Bonchev–Trinajstić information content (AvgIpc) is 2.44. The molecule has 1 aromatic rings. The van der Waals surface area contributed by atoms with Crippen LogP contribution in [0.25, 0.3) is 0 Å². The van der Waals surface area contributed by atoms with Gasteiger partial charge in [-0.05, 0) is 37.6 Å². The van der Waals surface area contributed by atoms with Crippen LogP contribution in [0, 0.1) is 0 Å². The van der Waals surface area contributed by atoms with Crippen molar-refractivity contribution < 1.29 is 0 Å². The lowest BCUT2D eigenvalue weighted by Gasteiger charge is -2.32. The van der Waals surface area contributed by atoms with Crippen LogP contribution in [0.4, 0.5) is 0 Å². The van der Waals surface area contributed by atoms with Crippen molar-refractivity contribution in [3.63, 3.8) is 0 Å². The van der Waals surface area contributed by atoms with Crippen LogP contribution in [-0.4, -0.2) is 43.7 Å². The fourth-order valence-electron chi connectivity index (χ4n) is 2.50. The smallest absolute Gasteiger partial charge is 0.0205 e. The molecule has 1 fully saturated rings. The van der Waals surface area contributed by atoms with Crippen molar-refractivity contribution in [1.29, 1.82) is 0 Å². The molecule has 0 spiro atoms. The number of benzene rings is 1. The van der Waals surface area contributed by atoms with Crippen LogP contribution >= 0.6 is 15.9 Å². The van der Waals surface area contributed by atoms with E-state index in [-0.39, 0.29) is 0 Å². The van der Waals surface area contributed by atoms with E-state index in [2.05, 4.69) is 62.7 Å². The Morgan fingerprint density at radius 3 is 2.89 bits per heavy atom. The zero-order valence-corrected chi connectivity index (χ0v) is 13.2. The molecule has 106 valence electrons. The second-order valence-corrected chi connectivity index (χ2v) is 6.15. The number of rotatable bonds is 6. The SMILES string of the molecule is CC(CCNCc1cccc(Br)c1)N1CCNCC1. The van der Waals surface area contributed by atoms with Crippen LogP contribution in [0.1, 0.15) is 18.9 Å². The monoisotopic (exact) mass is 325 g/mol. The summed E-state index contributed by atoms with van der Waals surface area (Å²) in [6, 6.07) is 9.17. The van der Waals surface area contributed by atoms with E-state index in [1.165, 1.54) is 25.1 Å². The number of hydrogen-bond donors (Lipinski definition) is 2. The van der Waals surface area contributed by atoms with Crippen molar-refractivity contribution in [2.45, 2.75) is 25.9 Å². The second-order valence-electron chi connectivity index (χ2n) is 5.23. The summed E-state index contributed by atoms with van der Waals surface area (Å²) in [5, 5.41) is 6.94. The number of hydrogen-bond acceptors (Lipinski definition) is 3. The van der Waals surface area contributed by atoms with Gasteiger partial charge in [-0.15, -0.1) is 0 Å². The molecule has 0 saturated carbocycles. The van der Waals surface area contributed by atoms with Crippen molar-refractivity contribution in [3.8, 4) is 0 Å². The molecular formula is C15H24BrN3. The molecule has 1 aliphatic rings. The van der Waals surface area contributed by atoms with Gasteiger partial charge in [0.15, 0.2) is 0 Å². The Hall–Kier alpha value is -0.420. The third-order valence-electron chi connectivity index (χ3n) is 3.73. The highest BCUT2D eigenvalue weighted by molar-refractivity contribution is 9.10. The zero-order chi connectivity index (χ0) is 13.5. The van der Waals surface area contributed by atoms with E-state index >= 15 is 0 Å².